The standard InChI is InChI=1S/C15H20F3NO2/c1-21-13-7-3-2-6-12(13)11-5-4-8-19(9-11)10-14(20)15(16,17)18/h2-3,6-7,11,14,20H,4-5,8-10H2,1H3. The first-order valence-electron chi connectivity index (χ1n) is 7.02. The van der Waals surface area contributed by atoms with Crippen LogP contribution in [0.4, 0.5) is 13.2 Å². The van der Waals surface area contributed by atoms with Gasteiger partial charge in [0.15, 0.2) is 6.10 Å². The van der Waals surface area contributed by atoms with Crippen molar-refractivity contribution in [1.82, 2.24) is 4.90 Å². The summed E-state index contributed by atoms with van der Waals surface area (Å²) in [4.78, 5) is 1.68. The zero-order valence-electron chi connectivity index (χ0n) is 11.9. The Morgan fingerprint density at radius 1 is 1.38 bits per heavy atom. The molecule has 0 aliphatic carbocycles. The minimum Gasteiger partial charge on any atom is -0.496 e. The van der Waals surface area contributed by atoms with E-state index in [0.717, 1.165) is 24.2 Å². The lowest BCUT2D eigenvalue weighted by molar-refractivity contribution is -0.208. The summed E-state index contributed by atoms with van der Waals surface area (Å²) in [7, 11) is 1.59. The van der Waals surface area contributed by atoms with Crippen LogP contribution in [0.5, 0.6) is 5.75 Å². The average Bonchev–Trinajstić information content (AvgIpc) is 2.46. The molecule has 0 spiro atoms. The van der Waals surface area contributed by atoms with Gasteiger partial charge in [-0.2, -0.15) is 13.2 Å². The molecule has 1 N–H and O–H groups in total. The van der Waals surface area contributed by atoms with Crippen LogP contribution in [0.25, 0.3) is 0 Å². The van der Waals surface area contributed by atoms with Crippen LogP contribution < -0.4 is 4.74 Å². The molecule has 1 aromatic rings. The van der Waals surface area contributed by atoms with E-state index in [2.05, 4.69) is 0 Å². The highest BCUT2D eigenvalue weighted by Crippen LogP contribution is 2.33. The summed E-state index contributed by atoms with van der Waals surface area (Å²) in [6.07, 6.45) is -5.11. The van der Waals surface area contributed by atoms with Crippen molar-refractivity contribution in [3.8, 4) is 5.75 Å². The molecular formula is C15H20F3NO2. The van der Waals surface area contributed by atoms with Gasteiger partial charge < -0.3 is 9.84 Å². The predicted octanol–water partition coefficient (Wildman–Crippen LogP) is 2.80. The molecule has 0 saturated carbocycles. The zero-order valence-corrected chi connectivity index (χ0v) is 11.9. The molecule has 21 heavy (non-hydrogen) atoms. The highest BCUT2D eigenvalue weighted by Gasteiger charge is 2.39. The largest absolute Gasteiger partial charge is 0.496 e. The van der Waals surface area contributed by atoms with E-state index < -0.39 is 12.3 Å². The third kappa shape index (κ3) is 4.11. The van der Waals surface area contributed by atoms with Crippen molar-refractivity contribution in [3.63, 3.8) is 0 Å². The summed E-state index contributed by atoms with van der Waals surface area (Å²) in [5, 5.41) is 9.20. The topological polar surface area (TPSA) is 32.7 Å². The number of aliphatic hydroxyl groups is 1. The number of methoxy groups -OCH3 is 1. The number of para-hydroxylation sites is 1. The molecule has 118 valence electrons. The van der Waals surface area contributed by atoms with Crippen molar-refractivity contribution in [2.75, 3.05) is 26.7 Å². The number of β-amino-alcohol motifs (C(OH)–C–C–N with tert-alkyl or cyclic N) is 1. The summed E-state index contributed by atoms with van der Waals surface area (Å²) in [6, 6.07) is 7.59. The summed E-state index contributed by atoms with van der Waals surface area (Å²) in [6.45, 7) is 0.724. The second kappa shape index (κ2) is 6.66. The molecule has 2 atom stereocenters. The maximum Gasteiger partial charge on any atom is 0.415 e. The number of nitrogens with zero attached hydrogens (tertiary/aromatic N) is 1. The molecule has 6 heteroatoms. The molecule has 0 bridgehead atoms. The number of ether oxygens (including phenoxy) is 1. The Hall–Kier alpha value is -1.27. The molecule has 0 aromatic heterocycles. The number of aliphatic hydroxyl groups excluding tert-OH is 1. The first-order chi connectivity index (χ1) is 9.91. The lowest BCUT2D eigenvalue weighted by atomic mass is 9.90. The van der Waals surface area contributed by atoms with Crippen LogP contribution in [-0.4, -0.2) is 49.0 Å². The third-order valence-electron chi connectivity index (χ3n) is 3.89. The van der Waals surface area contributed by atoms with Crippen LogP contribution in [0.2, 0.25) is 0 Å². The first kappa shape index (κ1) is 16.1. The maximum absolute atomic E-state index is 12.4. The van der Waals surface area contributed by atoms with E-state index in [1.54, 1.807) is 12.0 Å². The zero-order chi connectivity index (χ0) is 15.5. The molecule has 3 nitrogen and oxygen atoms in total. The highest BCUT2D eigenvalue weighted by molar-refractivity contribution is 5.36. The van der Waals surface area contributed by atoms with E-state index in [4.69, 9.17) is 4.74 Å². The average molecular weight is 303 g/mol. The van der Waals surface area contributed by atoms with Crippen molar-refractivity contribution in [2.24, 2.45) is 0 Å². The fraction of sp³-hybridized carbons (Fsp3) is 0.600. The second-order valence-electron chi connectivity index (χ2n) is 5.40. The molecular weight excluding hydrogens is 283 g/mol. The molecule has 2 rings (SSSR count). The van der Waals surface area contributed by atoms with Crippen molar-refractivity contribution < 1.29 is 23.0 Å². The third-order valence-corrected chi connectivity index (χ3v) is 3.89. The molecule has 1 saturated heterocycles. The Morgan fingerprint density at radius 3 is 2.76 bits per heavy atom. The van der Waals surface area contributed by atoms with Gasteiger partial charge in [-0.3, -0.25) is 4.90 Å². The van der Waals surface area contributed by atoms with Crippen molar-refractivity contribution >= 4 is 0 Å². The molecule has 0 radical (unpaired) electrons. The van der Waals surface area contributed by atoms with Gasteiger partial charge in [-0.1, -0.05) is 18.2 Å². The molecule has 1 aliphatic rings. The summed E-state index contributed by atoms with van der Waals surface area (Å²) < 4.78 is 42.7. The molecule has 1 heterocycles. The van der Waals surface area contributed by atoms with Crippen LogP contribution in [0.1, 0.15) is 24.3 Å². The van der Waals surface area contributed by atoms with Crippen molar-refractivity contribution in [1.29, 1.82) is 0 Å². The van der Waals surface area contributed by atoms with Crippen LogP contribution >= 0.6 is 0 Å². The Bertz CT molecular complexity index is 464. The molecule has 1 aliphatic heterocycles. The smallest absolute Gasteiger partial charge is 0.415 e. The summed E-state index contributed by atoms with van der Waals surface area (Å²) >= 11 is 0. The minimum absolute atomic E-state index is 0.135. The Morgan fingerprint density at radius 2 is 2.10 bits per heavy atom. The van der Waals surface area contributed by atoms with Crippen molar-refractivity contribution in [2.45, 2.75) is 31.0 Å². The van der Waals surface area contributed by atoms with Gasteiger partial charge >= 0.3 is 6.18 Å². The van der Waals surface area contributed by atoms with E-state index in [1.807, 2.05) is 24.3 Å². The van der Waals surface area contributed by atoms with E-state index in [-0.39, 0.29) is 12.5 Å². The number of hydrogen-bond acceptors (Lipinski definition) is 3. The fourth-order valence-electron chi connectivity index (χ4n) is 2.83. The normalized spacial score (nSPS) is 22.0. The highest BCUT2D eigenvalue weighted by atomic mass is 19.4. The fourth-order valence-corrected chi connectivity index (χ4v) is 2.83. The number of benzene rings is 1. The van der Waals surface area contributed by atoms with Crippen LogP contribution in [0.15, 0.2) is 24.3 Å². The van der Waals surface area contributed by atoms with E-state index in [1.165, 1.54) is 0 Å². The van der Waals surface area contributed by atoms with E-state index in [0.29, 0.717) is 13.1 Å². The van der Waals surface area contributed by atoms with Gasteiger partial charge in [0.2, 0.25) is 0 Å². The molecule has 2 unspecified atom stereocenters. The summed E-state index contributed by atoms with van der Waals surface area (Å²) in [5.74, 6) is 0.899. The van der Waals surface area contributed by atoms with E-state index in [9.17, 15) is 18.3 Å². The first-order valence-corrected chi connectivity index (χ1v) is 7.02. The van der Waals surface area contributed by atoms with Crippen LogP contribution in [0.3, 0.4) is 0 Å². The number of likely N-dealkylation sites (tertiary alicyclic amines) is 1. The number of alkyl halides is 3. The Labute approximate surface area is 122 Å². The van der Waals surface area contributed by atoms with Gasteiger partial charge in [0.1, 0.15) is 5.75 Å². The quantitative estimate of drug-likeness (QED) is 0.928. The number of hydrogen-bond donors (Lipinski definition) is 1. The minimum atomic E-state index is -4.56. The van der Waals surface area contributed by atoms with Gasteiger partial charge in [0.05, 0.1) is 7.11 Å². The number of piperidine rings is 1. The monoisotopic (exact) mass is 303 g/mol. The van der Waals surface area contributed by atoms with Gasteiger partial charge in [0.25, 0.3) is 0 Å². The van der Waals surface area contributed by atoms with Gasteiger partial charge in [-0.15, -0.1) is 0 Å². The molecule has 1 fully saturated rings. The number of rotatable bonds is 4. The lowest BCUT2D eigenvalue weighted by Gasteiger charge is -2.34. The Kier molecular flexibility index (Phi) is 5.11. The molecule has 0 amide bonds. The molecule has 1 aromatic carbocycles. The lowest BCUT2D eigenvalue weighted by Crippen LogP contribution is -2.44. The van der Waals surface area contributed by atoms with Gasteiger partial charge in [-0.25, -0.2) is 0 Å². The second-order valence-corrected chi connectivity index (χ2v) is 5.40. The number of halogens is 3. The van der Waals surface area contributed by atoms with Crippen molar-refractivity contribution in [3.05, 3.63) is 29.8 Å². The van der Waals surface area contributed by atoms with Gasteiger partial charge in [-0.05, 0) is 31.0 Å². The SMILES string of the molecule is COc1ccccc1C1CCCN(CC(O)C(F)(F)F)C1. The van der Waals surface area contributed by atoms with Crippen LogP contribution in [0, 0.1) is 0 Å². The van der Waals surface area contributed by atoms with Crippen LogP contribution in [-0.2, 0) is 0 Å². The predicted molar refractivity (Wildman–Crippen MR) is 73.5 cm³/mol. The van der Waals surface area contributed by atoms with Gasteiger partial charge in [0, 0.05) is 19.0 Å². The summed E-state index contributed by atoms with van der Waals surface area (Å²) in [5.41, 5.74) is 1.02. The Balaban J connectivity index is 2.04. The van der Waals surface area contributed by atoms with E-state index >= 15 is 0 Å². The maximum atomic E-state index is 12.4.